The zero-order chi connectivity index (χ0) is 26.9. The van der Waals surface area contributed by atoms with Gasteiger partial charge in [-0.3, -0.25) is 14.2 Å². The number of hydrazone groups is 1. The summed E-state index contributed by atoms with van der Waals surface area (Å²) >= 11 is 2.68. The van der Waals surface area contributed by atoms with Crippen LogP contribution in [-0.2, 0) is 23.8 Å². The Morgan fingerprint density at radius 1 is 1.13 bits per heavy atom. The molecule has 5 rings (SSSR count). The van der Waals surface area contributed by atoms with Gasteiger partial charge in [0.1, 0.15) is 4.83 Å². The van der Waals surface area contributed by atoms with Crippen molar-refractivity contribution >= 4 is 45.4 Å². The van der Waals surface area contributed by atoms with Crippen molar-refractivity contribution in [2.75, 3.05) is 5.75 Å². The molecule has 0 saturated heterocycles. The third-order valence-corrected chi connectivity index (χ3v) is 8.35. The summed E-state index contributed by atoms with van der Waals surface area (Å²) in [5.41, 5.74) is 4.73. The molecule has 0 unspecified atom stereocenters. The van der Waals surface area contributed by atoms with Gasteiger partial charge in [0.2, 0.25) is 0 Å². The van der Waals surface area contributed by atoms with Gasteiger partial charge in [0, 0.05) is 4.88 Å². The Kier molecular flexibility index (Phi) is 7.40. The van der Waals surface area contributed by atoms with Crippen LogP contribution in [0.1, 0.15) is 40.0 Å². The highest BCUT2D eigenvalue weighted by Gasteiger charge is 2.29. The molecule has 0 spiro atoms. The minimum absolute atomic E-state index is 0.0563. The Hall–Kier alpha value is -3.44. The van der Waals surface area contributed by atoms with Crippen LogP contribution in [0, 0.1) is 6.92 Å². The first-order valence-electron chi connectivity index (χ1n) is 12.0. The largest absolute Gasteiger partial charge is 0.416 e. The van der Waals surface area contributed by atoms with E-state index in [1.165, 1.54) is 23.2 Å². The number of fused-ring (bicyclic) bond motifs is 3. The standard InChI is InChI=1S/C27H23F3N4O2S2/c1-16-6-12-19(13-7-16)34-25(36)23-20-4-2-3-5-21(20)38-24(23)32-26(34)37-15-22(35)33-31-14-17-8-10-18(11-9-17)27(28,29)30/h6-14H,2-5,15H2,1H3,(H,33,35). The molecule has 1 amide bonds. The van der Waals surface area contributed by atoms with E-state index >= 15 is 0 Å². The zero-order valence-electron chi connectivity index (χ0n) is 20.3. The summed E-state index contributed by atoms with van der Waals surface area (Å²) in [4.78, 5) is 32.9. The predicted octanol–water partition coefficient (Wildman–Crippen LogP) is 5.90. The van der Waals surface area contributed by atoms with E-state index < -0.39 is 17.6 Å². The van der Waals surface area contributed by atoms with Crippen molar-refractivity contribution in [1.29, 1.82) is 0 Å². The second-order valence-electron chi connectivity index (χ2n) is 8.96. The van der Waals surface area contributed by atoms with Crippen LogP contribution in [0.4, 0.5) is 13.2 Å². The molecule has 1 aliphatic rings. The maximum Gasteiger partial charge on any atom is 0.416 e. The highest BCUT2D eigenvalue weighted by Crippen LogP contribution is 2.35. The zero-order valence-corrected chi connectivity index (χ0v) is 22.0. The van der Waals surface area contributed by atoms with Crippen LogP contribution in [0.3, 0.4) is 0 Å². The summed E-state index contributed by atoms with van der Waals surface area (Å²) in [6.45, 7) is 1.97. The molecule has 1 N–H and O–H groups in total. The molecule has 0 saturated carbocycles. The SMILES string of the molecule is Cc1ccc(-n2c(SCC(=O)NN=Cc3ccc(C(F)(F)F)cc3)nc3sc4c(c3c2=O)CCCC4)cc1. The summed E-state index contributed by atoms with van der Waals surface area (Å²) in [5, 5.41) is 4.92. The molecule has 0 atom stereocenters. The van der Waals surface area contributed by atoms with Gasteiger partial charge in [-0.25, -0.2) is 10.4 Å². The minimum atomic E-state index is -4.42. The quantitative estimate of drug-likeness (QED) is 0.139. The smallest absolute Gasteiger partial charge is 0.272 e. The molecule has 2 aromatic heterocycles. The number of aromatic nitrogens is 2. The number of thiophene rings is 1. The number of rotatable bonds is 6. The van der Waals surface area contributed by atoms with E-state index in [4.69, 9.17) is 4.98 Å². The number of thioether (sulfide) groups is 1. The lowest BCUT2D eigenvalue weighted by Crippen LogP contribution is -2.24. The molecule has 1 aliphatic carbocycles. The van der Waals surface area contributed by atoms with Crippen molar-refractivity contribution in [2.24, 2.45) is 5.10 Å². The van der Waals surface area contributed by atoms with Crippen LogP contribution < -0.4 is 11.0 Å². The van der Waals surface area contributed by atoms with Crippen LogP contribution in [0.15, 0.2) is 63.6 Å². The number of hydrogen-bond donors (Lipinski definition) is 1. The van der Waals surface area contributed by atoms with Gasteiger partial charge in [0.25, 0.3) is 11.5 Å². The molecular weight excluding hydrogens is 533 g/mol. The third kappa shape index (κ3) is 5.53. The minimum Gasteiger partial charge on any atom is -0.272 e. The summed E-state index contributed by atoms with van der Waals surface area (Å²) in [6, 6.07) is 12.0. The second kappa shape index (κ2) is 10.7. The Labute approximate surface area is 224 Å². The molecule has 4 aromatic rings. The summed E-state index contributed by atoms with van der Waals surface area (Å²) in [5.74, 6) is -0.493. The van der Waals surface area contributed by atoms with Gasteiger partial charge in [0.15, 0.2) is 5.16 Å². The van der Waals surface area contributed by atoms with Crippen molar-refractivity contribution in [3.8, 4) is 5.69 Å². The fraction of sp³-hybridized carbons (Fsp3) is 0.259. The number of hydrogen-bond acceptors (Lipinski definition) is 6. The number of aryl methyl sites for hydroxylation is 3. The van der Waals surface area contributed by atoms with E-state index in [0.717, 1.165) is 60.7 Å². The maximum absolute atomic E-state index is 13.7. The van der Waals surface area contributed by atoms with E-state index in [0.29, 0.717) is 26.6 Å². The van der Waals surface area contributed by atoms with Gasteiger partial charge in [0.05, 0.1) is 28.6 Å². The van der Waals surface area contributed by atoms with Crippen LogP contribution in [0.5, 0.6) is 0 Å². The van der Waals surface area contributed by atoms with Crippen LogP contribution in [-0.4, -0.2) is 27.4 Å². The van der Waals surface area contributed by atoms with Crippen molar-refractivity contribution in [2.45, 2.75) is 43.9 Å². The van der Waals surface area contributed by atoms with E-state index in [2.05, 4.69) is 10.5 Å². The second-order valence-corrected chi connectivity index (χ2v) is 11.0. The van der Waals surface area contributed by atoms with Crippen LogP contribution >= 0.6 is 23.1 Å². The van der Waals surface area contributed by atoms with Gasteiger partial charge in [-0.15, -0.1) is 11.3 Å². The lowest BCUT2D eigenvalue weighted by Gasteiger charge is -2.13. The molecule has 196 valence electrons. The monoisotopic (exact) mass is 556 g/mol. The Morgan fingerprint density at radius 2 is 1.84 bits per heavy atom. The van der Waals surface area contributed by atoms with Crippen molar-refractivity contribution in [3.63, 3.8) is 0 Å². The Bertz CT molecular complexity index is 1570. The van der Waals surface area contributed by atoms with E-state index in [1.54, 1.807) is 15.9 Å². The van der Waals surface area contributed by atoms with E-state index in [1.807, 2.05) is 31.2 Å². The number of carbonyl (C=O) groups excluding carboxylic acids is 1. The summed E-state index contributed by atoms with van der Waals surface area (Å²) < 4.78 is 39.7. The number of nitrogens with zero attached hydrogens (tertiary/aromatic N) is 3. The fourth-order valence-electron chi connectivity index (χ4n) is 4.30. The molecule has 2 aromatic carbocycles. The van der Waals surface area contributed by atoms with Gasteiger partial charge in [-0.2, -0.15) is 18.3 Å². The van der Waals surface area contributed by atoms with Gasteiger partial charge in [-0.1, -0.05) is 41.6 Å². The molecule has 11 heteroatoms. The highest BCUT2D eigenvalue weighted by atomic mass is 32.2. The van der Waals surface area contributed by atoms with Gasteiger partial charge >= 0.3 is 6.18 Å². The molecule has 6 nitrogen and oxygen atoms in total. The van der Waals surface area contributed by atoms with Crippen molar-refractivity contribution in [3.05, 3.63) is 86.0 Å². The molecule has 0 aliphatic heterocycles. The third-order valence-electron chi connectivity index (χ3n) is 6.22. The van der Waals surface area contributed by atoms with Crippen molar-refractivity contribution in [1.82, 2.24) is 15.0 Å². The first-order chi connectivity index (χ1) is 18.2. The number of amides is 1. The van der Waals surface area contributed by atoms with Gasteiger partial charge < -0.3 is 0 Å². The van der Waals surface area contributed by atoms with Crippen LogP contribution in [0.2, 0.25) is 0 Å². The predicted molar refractivity (Wildman–Crippen MR) is 145 cm³/mol. The number of halogens is 3. The summed E-state index contributed by atoms with van der Waals surface area (Å²) in [7, 11) is 0. The van der Waals surface area contributed by atoms with Crippen LogP contribution in [0.25, 0.3) is 15.9 Å². The Morgan fingerprint density at radius 3 is 2.55 bits per heavy atom. The molecular formula is C27H23F3N4O2S2. The summed E-state index contributed by atoms with van der Waals surface area (Å²) in [6.07, 6.45) is 0.812. The van der Waals surface area contributed by atoms with Gasteiger partial charge in [-0.05, 0) is 68.0 Å². The topological polar surface area (TPSA) is 76.3 Å². The maximum atomic E-state index is 13.7. The number of carbonyl (C=O) groups is 1. The first-order valence-corrected chi connectivity index (χ1v) is 13.8. The van der Waals surface area contributed by atoms with E-state index in [9.17, 15) is 22.8 Å². The number of benzene rings is 2. The fourth-order valence-corrected chi connectivity index (χ4v) is 6.41. The average molecular weight is 557 g/mol. The number of nitrogens with one attached hydrogen (secondary N) is 1. The van der Waals surface area contributed by atoms with Crippen molar-refractivity contribution < 1.29 is 18.0 Å². The molecule has 38 heavy (non-hydrogen) atoms. The lowest BCUT2D eigenvalue weighted by molar-refractivity contribution is -0.137. The highest BCUT2D eigenvalue weighted by molar-refractivity contribution is 7.99. The Balaban J connectivity index is 1.36. The lowest BCUT2D eigenvalue weighted by atomic mass is 9.97. The molecule has 2 heterocycles. The number of alkyl halides is 3. The molecule has 0 fully saturated rings. The molecule has 0 bridgehead atoms. The molecule has 0 radical (unpaired) electrons. The average Bonchev–Trinajstić information content (AvgIpc) is 3.27. The first kappa shape index (κ1) is 26.2. The normalized spacial score (nSPS) is 13.7. The van der Waals surface area contributed by atoms with E-state index in [-0.39, 0.29) is 11.3 Å².